The molecule has 2 atom stereocenters. The molecule has 1 saturated heterocycles. The Hall–Kier alpha value is -2.61. The second-order valence-electron chi connectivity index (χ2n) is 7.95. The van der Waals surface area contributed by atoms with Gasteiger partial charge in [0.1, 0.15) is 11.5 Å². The lowest BCUT2D eigenvalue weighted by Crippen LogP contribution is -2.50. The first kappa shape index (κ1) is 21.6. The number of piperidine rings is 1. The van der Waals surface area contributed by atoms with Gasteiger partial charge in [-0.3, -0.25) is 15.2 Å². The highest BCUT2D eigenvalue weighted by atomic mass is 35.5. The standard InChI is InChI=1S/C23H27ClN4O3/c1-15-21(23(30)26-27-13-11-17(29)12-14-27)25-28(20-6-4-3-5-19(20)24)22(15)16-7-9-18(31-2)10-8-16/h3-10,15,17,22,29H,11-14H2,1-2H3,(H,26,30)/t15-,22+/m1/s1. The maximum atomic E-state index is 13.1. The monoisotopic (exact) mass is 442 g/mol. The number of hydrogen-bond acceptors (Lipinski definition) is 6. The fraction of sp³-hybridized carbons (Fsp3) is 0.391. The van der Waals surface area contributed by atoms with E-state index in [1.54, 1.807) is 7.11 Å². The molecule has 0 saturated carbocycles. The number of benzene rings is 2. The molecule has 2 aliphatic heterocycles. The Bertz CT molecular complexity index is 958. The lowest BCUT2D eigenvalue weighted by atomic mass is 9.91. The molecule has 2 heterocycles. The molecule has 0 bridgehead atoms. The van der Waals surface area contributed by atoms with Gasteiger partial charge in [0.25, 0.3) is 5.91 Å². The summed E-state index contributed by atoms with van der Waals surface area (Å²) in [5.74, 6) is 0.377. The number of halogens is 1. The van der Waals surface area contributed by atoms with Crippen molar-refractivity contribution in [2.75, 3.05) is 25.2 Å². The third-order valence-electron chi connectivity index (χ3n) is 5.90. The molecule has 2 aliphatic rings. The summed E-state index contributed by atoms with van der Waals surface area (Å²) in [6, 6.07) is 15.1. The number of methoxy groups -OCH3 is 1. The quantitative estimate of drug-likeness (QED) is 0.742. The number of carbonyl (C=O) groups excluding carboxylic acids is 1. The van der Waals surface area contributed by atoms with Crippen molar-refractivity contribution in [3.63, 3.8) is 0 Å². The molecule has 31 heavy (non-hydrogen) atoms. The molecule has 2 aromatic rings. The van der Waals surface area contributed by atoms with E-state index in [1.165, 1.54) is 0 Å². The number of amides is 1. The normalized spacial score (nSPS) is 22.3. The molecule has 0 radical (unpaired) electrons. The first-order chi connectivity index (χ1) is 15.0. The van der Waals surface area contributed by atoms with Gasteiger partial charge in [-0.25, -0.2) is 5.01 Å². The minimum atomic E-state index is -0.300. The van der Waals surface area contributed by atoms with E-state index in [-0.39, 0.29) is 24.0 Å². The number of hydrogen-bond donors (Lipinski definition) is 2. The van der Waals surface area contributed by atoms with Crippen LogP contribution in [0.15, 0.2) is 53.6 Å². The van der Waals surface area contributed by atoms with Gasteiger partial charge < -0.3 is 9.84 Å². The van der Waals surface area contributed by atoms with Gasteiger partial charge in [-0.1, -0.05) is 42.8 Å². The van der Waals surface area contributed by atoms with Crippen molar-refractivity contribution in [1.82, 2.24) is 10.4 Å². The van der Waals surface area contributed by atoms with Gasteiger partial charge in [-0.05, 0) is 42.7 Å². The van der Waals surface area contributed by atoms with Crippen molar-refractivity contribution in [2.24, 2.45) is 11.0 Å². The van der Waals surface area contributed by atoms with Crippen molar-refractivity contribution in [3.8, 4) is 5.75 Å². The highest BCUT2D eigenvalue weighted by Crippen LogP contribution is 2.41. The molecule has 0 unspecified atom stereocenters. The van der Waals surface area contributed by atoms with Crippen LogP contribution in [0, 0.1) is 5.92 Å². The molecule has 0 aliphatic carbocycles. The smallest absolute Gasteiger partial charge is 0.282 e. The summed E-state index contributed by atoms with van der Waals surface area (Å²) in [5, 5.41) is 18.7. The zero-order chi connectivity index (χ0) is 22.0. The van der Waals surface area contributed by atoms with Gasteiger partial charge in [0, 0.05) is 19.0 Å². The second kappa shape index (κ2) is 9.26. The van der Waals surface area contributed by atoms with E-state index in [0.29, 0.717) is 36.7 Å². The highest BCUT2D eigenvalue weighted by Gasteiger charge is 2.40. The molecule has 4 rings (SSSR count). The third-order valence-corrected chi connectivity index (χ3v) is 6.22. The average molecular weight is 443 g/mol. The van der Waals surface area contributed by atoms with Crippen molar-refractivity contribution in [3.05, 3.63) is 59.1 Å². The molecule has 8 heteroatoms. The number of nitrogens with zero attached hydrogens (tertiary/aromatic N) is 3. The summed E-state index contributed by atoms with van der Waals surface area (Å²) < 4.78 is 5.29. The van der Waals surface area contributed by atoms with Crippen LogP contribution in [0.3, 0.4) is 0 Å². The number of ether oxygens (including phenoxy) is 1. The summed E-state index contributed by atoms with van der Waals surface area (Å²) in [7, 11) is 1.63. The van der Waals surface area contributed by atoms with Gasteiger partial charge in [0.15, 0.2) is 0 Å². The van der Waals surface area contributed by atoms with Crippen LogP contribution in [-0.4, -0.2) is 48.0 Å². The fourth-order valence-corrected chi connectivity index (χ4v) is 4.36. The van der Waals surface area contributed by atoms with Crippen LogP contribution < -0.4 is 15.2 Å². The SMILES string of the molecule is COc1ccc([C@@H]2[C@H](C)C(C(=O)NN3CCC(O)CC3)=NN2c2ccccc2Cl)cc1. The average Bonchev–Trinajstić information content (AvgIpc) is 3.12. The van der Waals surface area contributed by atoms with E-state index >= 15 is 0 Å². The van der Waals surface area contributed by atoms with E-state index in [4.69, 9.17) is 21.4 Å². The van der Waals surface area contributed by atoms with Gasteiger partial charge in [-0.15, -0.1) is 0 Å². The summed E-state index contributed by atoms with van der Waals surface area (Å²) in [5.41, 5.74) is 5.18. The number of aliphatic hydroxyl groups excluding tert-OH is 1. The minimum Gasteiger partial charge on any atom is -0.497 e. The van der Waals surface area contributed by atoms with Crippen molar-refractivity contribution in [2.45, 2.75) is 31.9 Å². The Balaban J connectivity index is 1.63. The predicted octanol–water partition coefficient (Wildman–Crippen LogP) is 3.39. The number of anilines is 1. The molecule has 7 nitrogen and oxygen atoms in total. The summed E-state index contributed by atoms with van der Waals surface area (Å²) in [6.45, 7) is 3.24. The fourth-order valence-electron chi connectivity index (χ4n) is 4.13. The Morgan fingerprint density at radius 1 is 1.16 bits per heavy atom. The Morgan fingerprint density at radius 2 is 1.84 bits per heavy atom. The van der Waals surface area contributed by atoms with Crippen LogP contribution in [0.4, 0.5) is 5.69 Å². The molecular weight excluding hydrogens is 416 g/mol. The number of carbonyl (C=O) groups is 1. The van der Waals surface area contributed by atoms with Crippen molar-refractivity contribution < 1.29 is 14.6 Å². The number of para-hydroxylation sites is 1. The maximum Gasteiger partial charge on any atom is 0.282 e. The Labute approximate surface area is 187 Å². The lowest BCUT2D eigenvalue weighted by Gasteiger charge is -2.30. The predicted molar refractivity (Wildman–Crippen MR) is 121 cm³/mol. The second-order valence-corrected chi connectivity index (χ2v) is 8.35. The summed E-state index contributed by atoms with van der Waals surface area (Å²) in [4.78, 5) is 13.1. The van der Waals surface area contributed by atoms with Crippen LogP contribution in [0.5, 0.6) is 5.75 Å². The molecule has 1 fully saturated rings. The van der Waals surface area contributed by atoms with Crippen LogP contribution in [-0.2, 0) is 4.79 Å². The van der Waals surface area contributed by atoms with E-state index in [1.807, 2.05) is 65.5 Å². The van der Waals surface area contributed by atoms with Crippen LogP contribution >= 0.6 is 11.6 Å². The first-order valence-electron chi connectivity index (χ1n) is 10.5. The topological polar surface area (TPSA) is 77.4 Å². The van der Waals surface area contributed by atoms with Gasteiger partial charge in [-0.2, -0.15) is 5.10 Å². The largest absolute Gasteiger partial charge is 0.497 e. The molecule has 2 aromatic carbocycles. The third kappa shape index (κ3) is 4.54. The molecular formula is C23H27ClN4O3. The molecule has 164 valence electrons. The molecule has 0 aromatic heterocycles. The number of hydrazone groups is 1. The van der Waals surface area contributed by atoms with Gasteiger partial charge >= 0.3 is 0 Å². The van der Waals surface area contributed by atoms with E-state index in [9.17, 15) is 9.90 Å². The van der Waals surface area contributed by atoms with E-state index < -0.39 is 0 Å². The van der Waals surface area contributed by atoms with Crippen molar-refractivity contribution >= 4 is 28.9 Å². The highest BCUT2D eigenvalue weighted by molar-refractivity contribution is 6.40. The maximum absolute atomic E-state index is 13.1. The van der Waals surface area contributed by atoms with Crippen molar-refractivity contribution in [1.29, 1.82) is 0 Å². The van der Waals surface area contributed by atoms with Crippen LogP contribution in [0.2, 0.25) is 5.02 Å². The zero-order valence-electron chi connectivity index (χ0n) is 17.7. The minimum absolute atomic E-state index is 0.167. The number of nitrogens with one attached hydrogen (secondary N) is 1. The van der Waals surface area contributed by atoms with Crippen LogP contribution in [0.1, 0.15) is 31.4 Å². The van der Waals surface area contributed by atoms with E-state index in [2.05, 4.69) is 5.43 Å². The Morgan fingerprint density at radius 3 is 2.48 bits per heavy atom. The molecule has 1 amide bonds. The van der Waals surface area contributed by atoms with Gasteiger partial charge in [0.2, 0.25) is 0 Å². The summed E-state index contributed by atoms with van der Waals surface area (Å²) in [6.07, 6.45) is 0.983. The first-order valence-corrected chi connectivity index (χ1v) is 10.9. The molecule has 0 spiro atoms. The molecule has 2 N–H and O–H groups in total. The van der Waals surface area contributed by atoms with Crippen LogP contribution in [0.25, 0.3) is 0 Å². The number of aliphatic hydroxyl groups is 1. The van der Waals surface area contributed by atoms with E-state index in [0.717, 1.165) is 17.0 Å². The summed E-state index contributed by atoms with van der Waals surface area (Å²) >= 11 is 6.49. The lowest BCUT2D eigenvalue weighted by molar-refractivity contribution is -0.120. The Kier molecular flexibility index (Phi) is 6.46. The number of rotatable bonds is 5. The zero-order valence-corrected chi connectivity index (χ0v) is 18.4. The van der Waals surface area contributed by atoms with Gasteiger partial charge in [0.05, 0.1) is 30.0 Å². The number of hydrazine groups is 1.